The highest BCUT2D eigenvalue weighted by Crippen LogP contribution is 2.26. The molecule has 3 rings (SSSR count). The van der Waals surface area contributed by atoms with Crippen molar-refractivity contribution in [2.24, 2.45) is 0 Å². The molecule has 1 N–H and O–H groups in total. The standard InChI is InChI=1S/C21H22N4O5/c1-4-29-21(28)24-18(26)12-30-20(27)15-10-17(14-8-6-5-7-9-14)23-19-16(15)11-22-25(19)13(2)3/h5-11,13H,4,12H2,1-3H3,(H,24,26,28). The van der Waals surface area contributed by atoms with Crippen molar-refractivity contribution in [2.75, 3.05) is 13.2 Å². The first-order valence-electron chi connectivity index (χ1n) is 9.48. The molecule has 9 nitrogen and oxygen atoms in total. The smallest absolute Gasteiger partial charge is 0.413 e. The molecule has 0 aliphatic heterocycles. The number of aromatic nitrogens is 3. The number of fused-ring (bicyclic) bond motifs is 1. The molecule has 2 amide bonds. The van der Waals surface area contributed by atoms with Crippen molar-refractivity contribution in [3.63, 3.8) is 0 Å². The van der Waals surface area contributed by atoms with Crippen LogP contribution in [0.4, 0.5) is 4.79 Å². The zero-order valence-corrected chi connectivity index (χ0v) is 16.9. The van der Waals surface area contributed by atoms with Gasteiger partial charge in [0.05, 0.1) is 29.4 Å². The summed E-state index contributed by atoms with van der Waals surface area (Å²) in [5.41, 5.74) is 2.17. The van der Waals surface area contributed by atoms with E-state index in [1.54, 1.807) is 23.9 Å². The molecular weight excluding hydrogens is 388 g/mol. The van der Waals surface area contributed by atoms with E-state index in [0.29, 0.717) is 16.7 Å². The van der Waals surface area contributed by atoms with Gasteiger partial charge in [0.2, 0.25) is 0 Å². The monoisotopic (exact) mass is 410 g/mol. The summed E-state index contributed by atoms with van der Waals surface area (Å²) in [7, 11) is 0. The Labute approximate surface area is 173 Å². The molecule has 0 aliphatic rings. The molecule has 2 heterocycles. The van der Waals surface area contributed by atoms with Crippen LogP contribution in [0.15, 0.2) is 42.6 Å². The van der Waals surface area contributed by atoms with E-state index in [2.05, 4.69) is 14.8 Å². The highest BCUT2D eigenvalue weighted by molar-refractivity contribution is 6.04. The molecule has 156 valence electrons. The predicted molar refractivity (Wildman–Crippen MR) is 109 cm³/mol. The maximum absolute atomic E-state index is 12.8. The van der Waals surface area contributed by atoms with Gasteiger partial charge in [-0.2, -0.15) is 5.10 Å². The number of alkyl carbamates (subject to hydrolysis) is 1. The van der Waals surface area contributed by atoms with Gasteiger partial charge >= 0.3 is 12.1 Å². The second kappa shape index (κ2) is 9.17. The van der Waals surface area contributed by atoms with Crippen molar-refractivity contribution in [3.8, 4) is 11.3 Å². The number of carbonyl (C=O) groups is 3. The van der Waals surface area contributed by atoms with Gasteiger partial charge in [0, 0.05) is 11.6 Å². The Morgan fingerprint density at radius 1 is 1.13 bits per heavy atom. The lowest BCUT2D eigenvalue weighted by Crippen LogP contribution is -2.34. The summed E-state index contributed by atoms with van der Waals surface area (Å²) < 4.78 is 11.4. The minimum absolute atomic E-state index is 0.0280. The van der Waals surface area contributed by atoms with Crippen molar-refractivity contribution in [3.05, 3.63) is 48.2 Å². The van der Waals surface area contributed by atoms with Crippen LogP contribution in [0.1, 0.15) is 37.2 Å². The first-order valence-corrected chi connectivity index (χ1v) is 9.48. The second-order valence-electron chi connectivity index (χ2n) is 6.69. The number of hydrogen-bond acceptors (Lipinski definition) is 7. The third-order valence-corrected chi connectivity index (χ3v) is 4.20. The zero-order chi connectivity index (χ0) is 21.7. The fraction of sp³-hybridized carbons (Fsp3) is 0.286. The molecule has 0 spiro atoms. The van der Waals surface area contributed by atoms with E-state index < -0.39 is 24.6 Å². The minimum atomic E-state index is -0.894. The van der Waals surface area contributed by atoms with Crippen LogP contribution < -0.4 is 5.32 Å². The Hall–Kier alpha value is -3.75. The number of esters is 1. The number of nitrogens with one attached hydrogen (secondary N) is 1. The van der Waals surface area contributed by atoms with E-state index in [-0.39, 0.29) is 18.2 Å². The Kier molecular flexibility index (Phi) is 6.41. The fourth-order valence-corrected chi connectivity index (χ4v) is 2.85. The zero-order valence-electron chi connectivity index (χ0n) is 16.9. The van der Waals surface area contributed by atoms with E-state index in [9.17, 15) is 14.4 Å². The van der Waals surface area contributed by atoms with Crippen LogP contribution >= 0.6 is 0 Å². The lowest BCUT2D eigenvalue weighted by atomic mass is 10.1. The molecule has 3 aromatic rings. The summed E-state index contributed by atoms with van der Waals surface area (Å²) >= 11 is 0. The van der Waals surface area contributed by atoms with E-state index in [1.807, 2.05) is 49.5 Å². The predicted octanol–water partition coefficient (Wildman–Crippen LogP) is 3.11. The number of pyridine rings is 1. The van der Waals surface area contributed by atoms with Crippen LogP contribution in [0.2, 0.25) is 0 Å². The van der Waals surface area contributed by atoms with Crippen LogP contribution in [0.25, 0.3) is 22.3 Å². The van der Waals surface area contributed by atoms with Gasteiger partial charge in [-0.1, -0.05) is 30.3 Å². The van der Waals surface area contributed by atoms with E-state index in [0.717, 1.165) is 5.56 Å². The SMILES string of the molecule is CCOC(=O)NC(=O)COC(=O)c1cc(-c2ccccc2)nc2c1cnn2C(C)C. The first-order chi connectivity index (χ1) is 14.4. The van der Waals surface area contributed by atoms with Crippen LogP contribution in [0, 0.1) is 0 Å². The number of rotatable bonds is 6. The topological polar surface area (TPSA) is 112 Å². The first kappa shape index (κ1) is 21.0. The minimum Gasteiger partial charge on any atom is -0.452 e. The summed E-state index contributed by atoms with van der Waals surface area (Å²) in [4.78, 5) is 40.5. The molecule has 1 aromatic carbocycles. The molecule has 0 radical (unpaired) electrons. The van der Waals surface area contributed by atoms with Gasteiger partial charge in [-0.15, -0.1) is 0 Å². The molecule has 0 atom stereocenters. The average Bonchev–Trinajstić information content (AvgIpc) is 3.16. The highest BCUT2D eigenvalue weighted by Gasteiger charge is 2.20. The van der Waals surface area contributed by atoms with Crippen LogP contribution in [-0.2, 0) is 14.3 Å². The van der Waals surface area contributed by atoms with E-state index in [4.69, 9.17) is 4.74 Å². The molecule has 0 unspecified atom stereocenters. The Balaban J connectivity index is 1.91. The van der Waals surface area contributed by atoms with Crippen molar-refractivity contribution >= 4 is 29.0 Å². The normalized spacial score (nSPS) is 10.8. The summed E-state index contributed by atoms with van der Waals surface area (Å²) in [5.74, 6) is -1.50. The van der Waals surface area contributed by atoms with Crippen molar-refractivity contribution in [1.82, 2.24) is 20.1 Å². The van der Waals surface area contributed by atoms with Gasteiger partial charge in [-0.25, -0.2) is 19.3 Å². The summed E-state index contributed by atoms with van der Waals surface area (Å²) in [5, 5.41) is 6.82. The van der Waals surface area contributed by atoms with Gasteiger partial charge < -0.3 is 9.47 Å². The molecule has 9 heteroatoms. The van der Waals surface area contributed by atoms with Crippen molar-refractivity contribution < 1.29 is 23.9 Å². The molecule has 0 bridgehead atoms. The Bertz CT molecular complexity index is 1080. The van der Waals surface area contributed by atoms with Gasteiger partial charge in [-0.05, 0) is 26.8 Å². The maximum atomic E-state index is 12.8. The Morgan fingerprint density at radius 2 is 1.87 bits per heavy atom. The number of ether oxygens (including phenoxy) is 2. The van der Waals surface area contributed by atoms with Crippen LogP contribution in [0.5, 0.6) is 0 Å². The van der Waals surface area contributed by atoms with Gasteiger partial charge in [-0.3, -0.25) is 10.1 Å². The quantitative estimate of drug-likeness (QED) is 0.621. The summed E-state index contributed by atoms with van der Waals surface area (Å²) in [6, 6.07) is 11.0. The third kappa shape index (κ3) is 4.62. The van der Waals surface area contributed by atoms with Crippen molar-refractivity contribution in [1.29, 1.82) is 0 Å². The van der Waals surface area contributed by atoms with Gasteiger partial charge in [0.15, 0.2) is 12.3 Å². The molecule has 0 aliphatic carbocycles. The van der Waals surface area contributed by atoms with Gasteiger partial charge in [0.25, 0.3) is 5.91 Å². The summed E-state index contributed by atoms with van der Waals surface area (Å²) in [6.07, 6.45) is 0.654. The van der Waals surface area contributed by atoms with E-state index in [1.165, 1.54) is 0 Å². The van der Waals surface area contributed by atoms with E-state index >= 15 is 0 Å². The van der Waals surface area contributed by atoms with Crippen LogP contribution in [-0.4, -0.2) is 45.9 Å². The lowest BCUT2D eigenvalue weighted by molar-refractivity contribution is -0.123. The highest BCUT2D eigenvalue weighted by atomic mass is 16.6. The van der Waals surface area contributed by atoms with Gasteiger partial charge in [0.1, 0.15) is 0 Å². The molecule has 2 aromatic heterocycles. The number of hydrogen-bond donors (Lipinski definition) is 1. The Morgan fingerprint density at radius 3 is 2.53 bits per heavy atom. The average molecular weight is 410 g/mol. The lowest BCUT2D eigenvalue weighted by Gasteiger charge is -2.11. The number of carbonyl (C=O) groups excluding carboxylic acids is 3. The maximum Gasteiger partial charge on any atom is 0.413 e. The largest absolute Gasteiger partial charge is 0.452 e. The third-order valence-electron chi connectivity index (χ3n) is 4.20. The molecule has 0 saturated carbocycles. The molecule has 0 fully saturated rings. The number of amides is 2. The summed E-state index contributed by atoms with van der Waals surface area (Å²) in [6.45, 7) is 5.03. The number of nitrogens with zero attached hydrogens (tertiary/aromatic N) is 3. The second-order valence-corrected chi connectivity index (χ2v) is 6.69. The molecule has 0 saturated heterocycles. The van der Waals surface area contributed by atoms with Crippen molar-refractivity contribution in [2.45, 2.75) is 26.8 Å². The fourth-order valence-electron chi connectivity index (χ4n) is 2.85. The number of benzene rings is 1. The number of imide groups is 1. The molecule has 30 heavy (non-hydrogen) atoms. The van der Waals surface area contributed by atoms with Crippen LogP contribution in [0.3, 0.4) is 0 Å². The molecular formula is C21H22N4O5.